The largest absolute Gasteiger partial charge is 0.468 e. The molecule has 108 valence electrons. The molecule has 0 aromatic carbocycles. The summed E-state index contributed by atoms with van der Waals surface area (Å²) in [6, 6.07) is 1.30. The van der Waals surface area contributed by atoms with Crippen molar-refractivity contribution in [3.05, 3.63) is 29.8 Å². The summed E-state index contributed by atoms with van der Waals surface area (Å²) in [4.78, 5) is 29.0. The van der Waals surface area contributed by atoms with E-state index in [9.17, 15) is 14.0 Å². The fraction of sp³-hybridized carbons (Fsp3) is 0.500. The average Bonchev–Trinajstić information content (AvgIpc) is 2.98. The topological polar surface area (TPSA) is 59.5 Å². The lowest BCUT2D eigenvalue weighted by Gasteiger charge is -2.28. The molecule has 2 rings (SSSR count). The minimum Gasteiger partial charge on any atom is -0.468 e. The molecule has 0 radical (unpaired) electrons. The highest BCUT2D eigenvalue weighted by Gasteiger charge is 2.30. The van der Waals surface area contributed by atoms with Crippen LogP contribution < -0.4 is 0 Å². The van der Waals surface area contributed by atoms with Crippen molar-refractivity contribution in [2.45, 2.75) is 31.7 Å². The van der Waals surface area contributed by atoms with E-state index >= 15 is 0 Å². The van der Waals surface area contributed by atoms with E-state index < -0.39 is 17.7 Å². The zero-order valence-electron chi connectivity index (χ0n) is 11.3. The third-order valence-corrected chi connectivity index (χ3v) is 3.56. The Morgan fingerprint density at radius 3 is 2.75 bits per heavy atom. The SMILES string of the molecule is COC(=O)CN(C(=O)c1ccncc1F)C1CCCC1. The zero-order valence-corrected chi connectivity index (χ0v) is 11.3. The van der Waals surface area contributed by atoms with Crippen LogP contribution in [0.15, 0.2) is 18.5 Å². The predicted molar refractivity (Wildman–Crippen MR) is 69.5 cm³/mol. The highest BCUT2D eigenvalue weighted by molar-refractivity contribution is 5.96. The molecule has 0 atom stereocenters. The summed E-state index contributed by atoms with van der Waals surface area (Å²) < 4.78 is 18.3. The molecule has 20 heavy (non-hydrogen) atoms. The number of amides is 1. The van der Waals surface area contributed by atoms with Crippen molar-refractivity contribution in [1.82, 2.24) is 9.88 Å². The summed E-state index contributed by atoms with van der Waals surface area (Å²) in [5, 5.41) is 0. The molecule has 1 aliphatic rings. The number of rotatable bonds is 4. The molecule has 6 heteroatoms. The van der Waals surface area contributed by atoms with Gasteiger partial charge in [0.1, 0.15) is 6.54 Å². The number of pyridine rings is 1. The van der Waals surface area contributed by atoms with Gasteiger partial charge in [-0.1, -0.05) is 12.8 Å². The molecule has 0 bridgehead atoms. The normalized spacial score (nSPS) is 15.1. The van der Waals surface area contributed by atoms with Gasteiger partial charge in [-0.25, -0.2) is 4.39 Å². The molecule has 0 unspecified atom stereocenters. The van der Waals surface area contributed by atoms with Crippen molar-refractivity contribution < 1.29 is 18.7 Å². The second-order valence-electron chi connectivity index (χ2n) is 4.80. The van der Waals surface area contributed by atoms with Crippen LogP contribution in [0.4, 0.5) is 4.39 Å². The number of esters is 1. The number of methoxy groups -OCH3 is 1. The van der Waals surface area contributed by atoms with Gasteiger partial charge in [-0.3, -0.25) is 14.6 Å². The number of carbonyl (C=O) groups is 2. The van der Waals surface area contributed by atoms with Crippen LogP contribution in [0.3, 0.4) is 0 Å². The van der Waals surface area contributed by atoms with E-state index in [0.717, 1.165) is 31.9 Å². The smallest absolute Gasteiger partial charge is 0.325 e. The van der Waals surface area contributed by atoms with Crippen LogP contribution in [0.1, 0.15) is 36.0 Å². The molecule has 1 heterocycles. The minimum atomic E-state index is -0.676. The van der Waals surface area contributed by atoms with Gasteiger partial charge in [-0.05, 0) is 18.9 Å². The summed E-state index contributed by atoms with van der Waals surface area (Å²) in [7, 11) is 1.27. The molecule has 1 saturated carbocycles. The molecule has 5 nitrogen and oxygen atoms in total. The number of halogens is 1. The fourth-order valence-electron chi connectivity index (χ4n) is 2.49. The Kier molecular flexibility index (Phi) is 4.65. The van der Waals surface area contributed by atoms with Gasteiger partial charge in [0, 0.05) is 12.2 Å². The van der Waals surface area contributed by atoms with Crippen LogP contribution in [0, 0.1) is 5.82 Å². The van der Waals surface area contributed by atoms with Crippen LogP contribution in [-0.2, 0) is 9.53 Å². The maximum atomic E-state index is 13.7. The molecule has 1 amide bonds. The molecule has 1 aliphatic carbocycles. The Labute approximate surface area is 116 Å². The molecule has 0 saturated heterocycles. The first-order valence-electron chi connectivity index (χ1n) is 6.60. The van der Waals surface area contributed by atoms with Gasteiger partial charge in [-0.15, -0.1) is 0 Å². The molecule has 0 spiro atoms. The van der Waals surface area contributed by atoms with Crippen molar-refractivity contribution in [2.24, 2.45) is 0 Å². The molecule has 1 aromatic rings. The lowest BCUT2D eigenvalue weighted by molar-refractivity contribution is -0.141. The van der Waals surface area contributed by atoms with Crippen LogP contribution in [0.5, 0.6) is 0 Å². The number of carbonyl (C=O) groups excluding carboxylic acids is 2. The van der Waals surface area contributed by atoms with Gasteiger partial charge in [0.2, 0.25) is 0 Å². The van der Waals surface area contributed by atoms with Gasteiger partial charge in [0.05, 0.1) is 18.9 Å². The number of hydrogen-bond acceptors (Lipinski definition) is 4. The van der Waals surface area contributed by atoms with Crippen molar-refractivity contribution in [3.63, 3.8) is 0 Å². The highest BCUT2D eigenvalue weighted by Crippen LogP contribution is 2.25. The van der Waals surface area contributed by atoms with Gasteiger partial charge in [-0.2, -0.15) is 0 Å². The Morgan fingerprint density at radius 1 is 1.45 bits per heavy atom. The molecular weight excluding hydrogens is 263 g/mol. The second kappa shape index (κ2) is 6.45. The number of aromatic nitrogens is 1. The van der Waals surface area contributed by atoms with Gasteiger partial charge >= 0.3 is 5.97 Å². The summed E-state index contributed by atoms with van der Waals surface area (Å²) >= 11 is 0. The fourth-order valence-corrected chi connectivity index (χ4v) is 2.49. The monoisotopic (exact) mass is 280 g/mol. The Balaban J connectivity index is 2.23. The second-order valence-corrected chi connectivity index (χ2v) is 4.80. The van der Waals surface area contributed by atoms with E-state index in [2.05, 4.69) is 9.72 Å². The summed E-state index contributed by atoms with van der Waals surface area (Å²) in [6.45, 7) is -0.151. The standard InChI is InChI=1S/C14H17FN2O3/c1-20-13(18)9-17(10-4-2-3-5-10)14(19)11-6-7-16-8-12(11)15/h6-8,10H,2-5,9H2,1H3. The van der Waals surface area contributed by atoms with Gasteiger partial charge in [0.25, 0.3) is 5.91 Å². The lowest BCUT2D eigenvalue weighted by Crippen LogP contribution is -2.43. The number of hydrogen-bond donors (Lipinski definition) is 0. The first-order chi connectivity index (χ1) is 9.63. The average molecular weight is 280 g/mol. The van der Waals surface area contributed by atoms with Crippen LogP contribution in [0.2, 0.25) is 0 Å². The third kappa shape index (κ3) is 3.12. The maximum Gasteiger partial charge on any atom is 0.325 e. The van der Waals surface area contributed by atoms with Gasteiger partial charge in [0.15, 0.2) is 5.82 Å². The summed E-state index contributed by atoms with van der Waals surface area (Å²) in [5.74, 6) is -1.66. The minimum absolute atomic E-state index is 0.0332. The van der Waals surface area contributed by atoms with E-state index in [0.29, 0.717) is 0 Å². The van der Waals surface area contributed by atoms with Gasteiger partial charge < -0.3 is 9.64 Å². The Hall–Kier alpha value is -1.98. The first kappa shape index (κ1) is 14.4. The molecule has 1 aromatic heterocycles. The van der Waals surface area contributed by atoms with E-state index in [1.165, 1.54) is 24.3 Å². The molecule has 0 N–H and O–H groups in total. The van der Waals surface area contributed by atoms with Crippen molar-refractivity contribution in [2.75, 3.05) is 13.7 Å². The summed E-state index contributed by atoms with van der Waals surface area (Å²) in [6.07, 6.45) is 6.03. The van der Waals surface area contributed by atoms with Crippen LogP contribution >= 0.6 is 0 Å². The zero-order chi connectivity index (χ0) is 14.5. The third-order valence-electron chi connectivity index (χ3n) is 3.56. The molecular formula is C14H17FN2O3. The Bertz CT molecular complexity index is 501. The van der Waals surface area contributed by atoms with Crippen LogP contribution in [-0.4, -0.2) is 41.5 Å². The molecule has 0 aliphatic heterocycles. The quantitative estimate of drug-likeness (QED) is 0.789. The predicted octanol–water partition coefficient (Wildman–Crippen LogP) is 1.78. The molecule has 1 fully saturated rings. The number of ether oxygens (including phenoxy) is 1. The highest BCUT2D eigenvalue weighted by atomic mass is 19.1. The van der Waals surface area contributed by atoms with Crippen molar-refractivity contribution in [3.8, 4) is 0 Å². The van der Waals surface area contributed by atoms with Crippen molar-refractivity contribution >= 4 is 11.9 Å². The summed E-state index contributed by atoms with van der Waals surface area (Å²) in [5.41, 5.74) is -0.0594. The number of nitrogens with zero attached hydrogens (tertiary/aromatic N) is 2. The van der Waals surface area contributed by atoms with E-state index in [-0.39, 0.29) is 18.2 Å². The van der Waals surface area contributed by atoms with Crippen molar-refractivity contribution in [1.29, 1.82) is 0 Å². The van der Waals surface area contributed by atoms with E-state index in [4.69, 9.17) is 0 Å². The van der Waals surface area contributed by atoms with E-state index in [1.54, 1.807) is 0 Å². The van der Waals surface area contributed by atoms with Crippen LogP contribution in [0.25, 0.3) is 0 Å². The first-order valence-corrected chi connectivity index (χ1v) is 6.60. The van der Waals surface area contributed by atoms with E-state index in [1.807, 2.05) is 0 Å². The lowest BCUT2D eigenvalue weighted by atomic mass is 10.1. The Morgan fingerprint density at radius 2 is 2.15 bits per heavy atom. The maximum absolute atomic E-state index is 13.7.